The number of hydrogen-bond donors (Lipinski definition) is 4. The Hall–Kier alpha value is -1.79. The SMILES string of the molecule is Cc1ccc(OCC(O)CNC2CCCC2)c2[nH]c(=O)[nH]c12. The van der Waals surface area contributed by atoms with Crippen LogP contribution in [0.5, 0.6) is 5.75 Å². The van der Waals surface area contributed by atoms with Crippen LogP contribution in [0.4, 0.5) is 0 Å². The lowest BCUT2D eigenvalue weighted by Crippen LogP contribution is -2.36. The van der Waals surface area contributed by atoms with Crippen LogP contribution < -0.4 is 15.7 Å². The topological polar surface area (TPSA) is 90.1 Å². The Bertz CT molecular complexity index is 685. The van der Waals surface area contributed by atoms with Gasteiger partial charge in [0.15, 0.2) is 0 Å². The van der Waals surface area contributed by atoms with E-state index >= 15 is 0 Å². The van der Waals surface area contributed by atoms with Crippen LogP contribution in [-0.4, -0.2) is 40.4 Å². The third-order valence-corrected chi connectivity index (χ3v) is 4.28. The highest BCUT2D eigenvalue weighted by Gasteiger charge is 2.16. The van der Waals surface area contributed by atoms with E-state index in [-0.39, 0.29) is 12.3 Å². The van der Waals surface area contributed by atoms with Crippen LogP contribution in [0.25, 0.3) is 11.0 Å². The molecule has 1 aliphatic carbocycles. The van der Waals surface area contributed by atoms with E-state index in [1.54, 1.807) is 0 Å². The molecule has 0 spiro atoms. The molecule has 4 N–H and O–H groups in total. The molecular formula is C16H23N3O3. The van der Waals surface area contributed by atoms with E-state index in [4.69, 9.17) is 4.74 Å². The highest BCUT2D eigenvalue weighted by atomic mass is 16.5. The molecule has 0 radical (unpaired) electrons. The van der Waals surface area contributed by atoms with Crippen molar-refractivity contribution in [1.82, 2.24) is 15.3 Å². The van der Waals surface area contributed by atoms with Gasteiger partial charge >= 0.3 is 5.69 Å². The molecule has 0 aliphatic heterocycles. The summed E-state index contributed by atoms with van der Waals surface area (Å²) < 4.78 is 5.68. The lowest BCUT2D eigenvalue weighted by molar-refractivity contribution is 0.104. The molecule has 22 heavy (non-hydrogen) atoms. The third kappa shape index (κ3) is 3.34. The highest BCUT2D eigenvalue weighted by molar-refractivity contribution is 5.84. The number of nitrogens with one attached hydrogen (secondary N) is 3. The number of aromatic amines is 2. The fourth-order valence-electron chi connectivity index (χ4n) is 3.03. The largest absolute Gasteiger partial charge is 0.489 e. The number of ether oxygens (including phenoxy) is 1. The lowest BCUT2D eigenvalue weighted by atomic mass is 10.2. The molecule has 1 heterocycles. The van der Waals surface area contributed by atoms with Gasteiger partial charge < -0.3 is 25.1 Å². The Labute approximate surface area is 128 Å². The average Bonchev–Trinajstić information content (AvgIpc) is 3.13. The summed E-state index contributed by atoms with van der Waals surface area (Å²) >= 11 is 0. The zero-order valence-corrected chi connectivity index (χ0v) is 12.8. The van der Waals surface area contributed by atoms with Crippen LogP contribution in [0.15, 0.2) is 16.9 Å². The first-order valence-electron chi connectivity index (χ1n) is 7.89. The summed E-state index contributed by atoms with van der Waals surface area (Å²) in [6, 6.07) is 4.24. The van der Waals surface area contributed by atoms with Crippen LogP contribution in [0, 0.1) is 6.92 Å². The fraction of sp³-hybridized carbons (Fsp3) is 0.562. The Morgan fingerprint density at radius 1 is 1.32 bits per heavy atom. The van der Waals surface area contributed by atoms with Crippen LogP contribution >= 0.6 is 0 Å². The van der Waals surface area contributed by atoms with Crippen molar-refractivity contribution in [3.63, 3.8) is 0 Å². The van der Waals surface area contributed by atoms with Crippen molar-refractivity contribution in [1.29, 1.82) is 0 Å². The number of hydrogen-bond acceptors (Lipinski definition) is 4. The molecule has 1 aromatic carbocycles. The zero-order chi connectivity index (χ0) is 15.5. The Balaban J connectivity index is 1.59. The molecular weight excluding hydrogens is 282 g/mol. The van der Waals surface area contributed by atoms with Crippen LogP contribution in [-0.2, 0) is 0 Å². The number of aliphatic hydroxyl groups is 1. The predicted molar refractivity (Wildman–Crippen MR) is 85.4 cm³/mol. The number of imidazole rings is 1. The Morgan fingerprint density at radius 3 is 2.82 bits per heavy atom. The maximum Gasteiger partial charge on any atom is 0.323 e. The van der Waals surface area contributed by atoms with Gasteiger partial charge in [0, 0.05) is 12.6 Å². The van der Waals surface area contributed by atoms with Gasteiger partial charge in [-0.1, -0.05) is 18.9 Å². The van der Waals surface area contributed by atoms with E-state index in [1.165, 1.54) is 25.7 Å². The number of H-pyrrole nitrogens is 2. The molecule has 1 aromatic heterocycles. The molecule has 0 saturated heterocycles. The van der Waals surface area contributed by atoms with Gasteiger partial charge in [0.1, 0.15) is 24.0 Å². The number of aryl methyl sites for hydroxylation is 1. The number of aromatic nitrogens is 2. The van der Waals surface area contributed by atoms with Crippen molar-refractivity contribution in [2.24, 2.45) is 0 Å². The van der Waals surface area contributed by atoms with E-state index in [0.29, 0.717) is 23.9 Å². The first-order chi connectivity index (χ1) is 10.6. The monoisotopic (exact) mass is 305 g/mol. The molecule has 2 aromatic rings. The first kappa shape index (κ1) is 15.1. The number of aliphatic hydroxyl groups excluding tert-OH is 1. The second-order valence-corrected chi connectivity index (χ2v) is 6.06. The van der Waals surface area contributed by atoms with Crippen molar-refractivity contribution in [3.05, 3.63) is 28.2 Å². The van der Waals surface area contributed by atoms with Gasteiger partial charge in [-0.3, -0.25) is 0 Å². The van der Waals surface area contributed by atoms with E-state index in [9.17, 15) is 9.90 Å². The molecule has 1 fully saturated rings. The molecule has 1 aliphatic rings. The number of benzene rings is 1. The summed E-state index contributed by atoms with van der Waals surface area (Å²) in [5.41, 5.74) is 2.13. The maximum atomic E-state index is 11.5. The Kier molecular flexibility index (Phi) is 4.49. The number of fused-ring (bicyclic) bond motifs is 1. The van der Waals surface area contributed by atoms with Crippen LogP contribution in [0.3, 0.4) is 0 Å². The summed E-state index contributed by atoms with van der Waals surface area (Å²) in [6.07, 6.45) is 4.36. The van der Waals surface area contributed by atoms with E-state index in [2.05, 4.69) is 15.3 Å². The van der Waals surface area contributed by atoms with Gasteiger partial charge in [0.25, 0.3) is 0 Å². The summed E-state index contributed by atoms with van der Waals surface area (Å²) in [5.74, 6) is 0.582. The van der Waals surface area contributed by atoms with Gasteiger partial charge in [-0.25, -0.2) is 4.79 Å². The van der Waals surface area contributed by atoms with E-state index in [1.807, 2.05) is 19.1 Å². The molecule has 6 heteroatoms. The van der Waals surface area contributed by atoms with Gasteiger partial charge in [-0.15, -0.1) is 0 Å². The lowest BCUT2D eigenvalue weighted by Gasteiger charge is -2.17. The van der Waals surface area contributed by atoms with Crippen molar-refractivity contribution >= 4 is 11.0 Å². The first-order valence-corrected chi connectivity index (χ1v) is 7.89. The fourth-order valence-corrected chi connectivity index (χ4v) is 3.03. The van der Waals surface area contributed by atoms with Crippen LogP contribution in [0.2, 0.25) is 0 Å². The van der Waals surface area contributed by atoms with E-state index < -0.39 is 6.10 Å². The second-order valence-electron chi connectivity index (χ2n) is 6.06. The summed E-state index contributed by atoms with van der Waals surface area (Å²) in [6.45, 7) is 2.66. The standard InChI is InChI=1S/C16H23N3O3/c1-10-6-7-13(15-14(10)18-16(21)19-15)22-9-12(20)8-17-11-4-2-3-5-11/h6-7,11-12,17,20H,2-5,8-9H2,1H3,(H2,18,19,21). The summed E-state index contributed by atoms with van der Waals surface area (Å²) in [5, 5.41) is 13.4. The van der Waals surface area contributed by atoms with Gasteiger partial charge in [-0.05, 0) is 31.4 Å². The highest BCUT2D eigenvalue weighted by Crippen LogP contribution is 2.24. The zero-order valence-electron chi connectivity index (χ0n) is 12.8. The average molecular weight is 305 g/mol. The maximum absolute atomic E-state index is 11.5. The molecule has 0 amide bonds. The summed E-state index contributed by atoms with van der Waals surface area (Å²) in [4.78, 5) is 16.9. The molecule has 6 nitrogen and oxygen atoms in total. The van der Waals surface area contributed by atoms with E-state index in [0.717, 1.165) is 11.1 Å². The molecule has 120 valence electrons. The van der Waals surface area contributed by atoms with Crippen LogP contribution in [0.1, 0.15) is 31.2 Å². The number of rotatable bonds is 6. The Morgan fingerprint density at radius 2 is 2.05 bits per heavy atom. The predicted octanol–water partition coefficient (Wildman–Crippen LogP) is 1.44. The molecule has 1 atom stereocenters. The minimum Gasteiger partial charge on any atom is -0.489 e. The third-order valence-electron chi connectivity index (χ3n) is 4.28. The second kappa shape index (κ2) is 6.54. The van der Waals surface area contributed by atoms with Crippen molar-refractivity contribution in [2.45, 2.75) is 44.8 Å². The van der Waals surface area contributed by atoms with Gasteiger partial charge in [-0.2, -0.15) is 0 Å². The molecule has 3 rings (SSSR count). The van der Waals surface area contributed by atoms with Crippen molar-refractivity contribution < 1.29 is 9.84 Å². The molecule has 0 bridgehead atoms. The van der Waals surface area contributed by atoms with Crippen molar-refractivity contribution in [3.8, 4) is 5.75 Å². The van der Waals surface area contributed by atoms with Gasteiger partial charge in [0.2, 0.25) is 0 Å². The normalized spacial score (nSPS) is 17.2. The quantitative estimate of drug-likeness (QED) is 0.650. The summed E-state index contributed by atoms with van der Waals surface area (Å²) in [7, 11) is 0. The smallest absolute Gasteiger partial charge is 0.323 e. The van der Waals surface area contributed by atoms with Crippen molar-refractivity contribution in [2.75, 3.05) is 13.2 Å². The minimum atomic E-state index is -0.567. The minimum absolute atomic E-state index is 0.199. The molecule has 1 unspecified atom stereocenters. The van der Waals surface area contributed by atoms with Gasteiger partial charge in [0.05, 0.1) is 5.52 Å². The molecule has 1 saturated carbocycles.